The zero-order valence-electron chi connectivity index (χ0n) is 23.4. The molecule has 0 atom stereocenters. The van der Waals surface area contributed by atoms with Crippen molar-refractivity contribution in [3.63, 3.8) is 0 Å². The van der Waals surface area contributed by atoms with Gasteiger partial charge in [0.15, 0.2) is 5.16 Å². The second-order valence-corrected chi connectivity index (χ2v) is 11.9. The molecule has 0 saturated heterocycles. The number of methoxy groups -OCH3 is 1. The summed E-state index contributed by atoms with van der Waals surface area (Å²) in [6, 6.07) is 26.0. The Bertz CT molecular complexity index is 1590. The molecule has 0 aliphatic heterocycles. The summed E-state index contributed by atoms with van der Waals surface area (Å²) in [5.74, 6) is 0.809. The van der Waals surface area contributed by atoms with Crippen LogP contribution < -0.4 is 15.6 Å². The summed E-state index contributed by atoms with van der Waals surface area (Å²) in [6.07, 6.45) is 7.04. The van der Waals surface area contributed by atoms with Crippen LogP contribution in [0.2, 0.25) is 0 Å². The van der Waals surface area contributed by atoms with E-state index in [1.165, 1.54) is 29.3 Å². The molecular formula is C34H35N3O3S. The van der Waals surface area contributed by atoms with Crippen LogP contribution in [0.15, 0.2) is 88.8 Å². The van der Waals surface area contributed by atoms with Gasteiger partial charge in [0, 0.05) is 17.5 Å². The third kappa shape index (κ3) is 5.55. The van der Waals surface area contributed by atoms with Crippen molar-refractivity contribution in [1.29, 1.82) is 0 Å². The number of benzene rings is 3. The van der Waals surface area contributed by atoms with Gasteiger partial charge in [0.05, 0.1) is 29.8 Å². The maximum absolute atomic E-state index is 14.6. The van der Waals surface area contributed by atoms with E-state index in [0.29, 0.717) is 11.7 Å². The third-order valence-electron chi connectivity index (χ3n) is 8.44. The standard InChI is InChI=1S/C34H35N3O3S/c1-40-27-16-14-26(15-17-27)37-32(39)30-31(28-13-7-6-12-25(28)22-34(30)19-8-3-9-20-34)36-33(37)41-23-29(38)35-21-18-24-10-4-2-5-11-24/h2,4-7,10-17H,3,8-9,18-23H2,1H3,(H,35,38). The van der Waals surface area contributed by atoms with Crippen molar-refractivity contribution in [2.75, 3.05) is 19.4 Å². The first kappa shape index (κ1) is 27.3. The number of hydrogen-bond acceptors (Lipinski definition) is 5. The molecule has 3 aromatic carbocycles. The third-order valence-corrected chi connectivity index (χ3v) is 9.38. The van der Waals surface area contributed by atoms with Crippen LogP contribution in [0.5, 0.6) is 5.75 Å². The zero-order chi connectivity index (χ0) is 28.2. The normalized spacial score (nSPS) is 15.1. The molecule has 1 spiro atoms. The molecule has 0 unspecified atom stereocenters. The van der Waals surface area contributed by atoms with Gasteiger partial charge in [0.1, 0.15) is 5.75 Å². The first-order chi connectivity index (χ1) is 20.1. The molecule has 0 bridgehead atoms. The Morgan fingerprint density at radius 1 is 0.976 bits per heavy atom. The summed E-state index contributed by atoms with van der Waals surface area (Å²) in [4.78, 5) is 32.7. The van der Waals surface area contributed by atoms with Crippen LogP contribution in [0.4, 0.5) is 0 Å². The van der Waals surface area contributed by atoms with Gasteiger partial charge in [0.2, 0.25) is 5.91 Å². The maximum Gasteiger partial charge on any atom is 0.263 e. The Labute approximate surface area is 245 Å². The number of aromatic nitrogens is 2. The Morgan fingerprint density at radius 2 is 1.71 bits per heavy atom. The number of ether oxygens (including phenoxy) is 1. The van der Waals surface area contributed by atoms with E-state index in [0.717, 1.165) is 66.8 Å². The average molecular weight is 566 g/mol. The molecular weight excluding hydrogens is 530 g/mol. The molecule has 0 radical (unpaired) electrons. The van der Waals surface area contributed by atoms with Crippen LogP contribution in [0.3, 0.4) is 0 Å². The number of rotatable bonds is 8. The van der Waals surface area contributed by atoms with Gasteiger partial charge >= 0.3 is 0 Å². The summed E-state index contributed by atoms with van der Waals surface area (Å²) < 4.78 is 7.09. The van der Waals surface area contributed by atoms with Crippen molar-refractivity contribution in [2.45, 2.75) is 55.5 Å². The SMILES string of the molecule is COc1ccc(-n2c(SCC(=O)NCCc3ccccc3)nc3c(c2=O)C2(CCCCC2)Cc2ccccc2-3)cc1. The second kappa shape index (κ2) is 12.0. The van der Waals surface area contributed by atoms with Crippen molar-refractivity contribution in [2.24, 2.45) is 0 Å². The molecule has 1 amide bonds. The zero-order valence-corrected chi connectivity index (χ0v) is 24.2. The molecule has 1 aromatic heterocycles. The highest BCUT2D eigenvalue weighted by Crippen LogP contribution is 2.49. The molecule has 1 N–H and O–H groups in total. The number of nitrogens with one attached hydrogen (secondary N) is 1. The van der Waals surface area contributed by atoms with Crippen LogP contribution in [0.25, 0.3) is 16.9 Å². The van der Waals surface area contributed by atoms with Crippen molar-refractivity contribution in [1.82, 2.24) is 14.9 Å². The summed E-state index contributed by atoms with van der Waals surface area (Å²) >= 11 is 1.31. The quantitative estimate of drug-likeness (QED) is 0.206. The molecule has 1 fully saturated rings. The topological polar surface area (TPSA) is 73.2 Å². The smallest absolute Gasteiger partial charge is 0.263 e. The van der Waals surface area contributed by atoms with Crippen LogP contribution >= 0.6 is 11.8 Å². The van der Waals surface area contributed by atoms with Crippen molar-refractivity contribution in [3.05, 3.63) is 106 Å². The lowest BCUT2D eigenvalue weighted by Crippen LogP contribution is -2.43. The van der Waals surface area contributed by atoms with E-state index in [1.807, 2.05) is 48.5 Å². The molecule has 2 aliphatic rings. The number of fused-ring (bicyclic) bond motifs is 4. The van der Waals surface area contributed by atoms with Gasteiger partial charge in [-0.2, -0.15) is 0 Å². The van der Waals surface area contributed by atoms with Crippen LogP contribution in [0.1, 0.15) is 48.8 Å². The fourth-order valence-electron chi connectivity index (χ4n) is 6.42. The minimum atomic E-state index is -0.210. The maximum atomic E-state index is 14.6. The number of carbonyl (C=O) groups excluding carboxylic acids is 1. The second-order valence-electron chi connectivity index (χ2n) is 11.0. The molecule has 7 heteroatoms. The van der Waals surface area contributed by atoms with Crippen molar-refractivity contribution >= 4 is 17.7 Å². The molecule has 1 saturated carbocycles. The van der Waals surface area contributed by atoms with E-state index in [9.17, 15) is 9.59 Å². The van der Waals surface area contributed by atoms with E-state index < -0.39 is 0 Å². The lowest BCUT2D eigenvalue weighted by molar-refractivity contribution is -0.118. The van der Waals surface area contributed by atoms with Crippen LogP contribution in [-0.2, 0) is 23.1 Å². The Hall–Kier alpha value is -3.84. The molecule has 210 valence electrons. The number of thioether (sulfide) groups is 1. The van der Waals surface area contributed by atoms with Gasteiger partial charge in [-0.05, 0) is 61.1 Å². The molecule has 2 aliphatic carbocycles. The van der Waals surface area contributed by atoms with Gasteiger partial charge in [-0.1, -0.05) is 85.6 Å². The van der Waals surface area contributed by atoms with Crippen molar-refractivity contribution < 1.29 is 9.53 Å². The van der Waals surface area contributed by atoms with Gasteiger partial charge in [-0.25, -0.2) is 4.98 Å². The monoisotopic (exact) mass is 565 g/mol. The lowest BCUT2D eigenvalue weighted by Gasteiger charge is -2.42. The highest BCUT2D eigenvalue weighted by atomic mass is 32.2. The summed E-state index contributed by atoms with van der Waals surface area (Å²) in [5, 5.41) is 3.55. The molecule has 6 rings (SSSR count). The van der Waals surface area contributed by atoms with E-state index in [-0.39, 0.29) is 22.6 Å². The highest BCUT2D eigenvalue weighted by Gasteiger charge is 2.43. The number of carbonyl (C=O) groups is 1. The Kier molecular flexibility index (Phi) is 7.97. The molecule has 1 heterocycles. The number of hydrogen-bond donors (Lipinski definition) is 1. The molecule has 6 nitrogen and oxygen atoms in total. The van der Waals surface area contributed by atoms with Gasteiger partial charge in [0.25, 0.3) is 5.56 Å². The Balaban J connectivity index is 1.38. The van der Waals surface area contributed by atoms with Crippen molar-refractivity contribution in [3.8, 4) is 22.7 Å². The van der Waals surface area contributed by atoms with Gasteiger partial charge in [-0.3, -0.25) is 14.2 Å². The van der Waals surface area contributed by atoms with Crippen LogP contribution in [0, 0.1) is 0 Å². The van der Waals surface area contributed by atoms with E-state index in [4.69, 9.17) is 9.72 Å². The highest BCUT2D eigenvalue weighted by molar-refractivity contribution is 7.99. The number of amides is 1. The minimum absolute atomic E-state index is 0.0245. The van der Waals surface area contributed by atoms with E-state index in [2.05, 4.69) is 35.6 Å². The predicted molar refractivity (Wildman–Crippen MR) is 164 cm³/mol. The fraction of sp³-hybridized carbons (Fsp3) is 0.324. The van der Waals surface area contributed by atoms with E-state index in [1.54, 1.807) is 11.7 Å². The summed E-state index contributed by atoms with van der Waals surface area (Å²) in [6.45, 7) is 0.558. The Morgan fingerprint density at radius 3 is 2.46 bits per heavy atom. The summed E-state index contributed by atoms with van der Waals surface area (Å²) in [7, 11) is 1.63. The summed E-state index contributed by atoms with van der Waals surface area (Å²) in [5.41, 5.74) is 5.58. The molecule has 4 aromatic rings. The lowest BCUT2D eigenvalue weighted by atomic mass is 9.62. The largest absolute Gasteiger partial charge is 0.497 e. The number of nitrogens with zero attached hydrogens (tertiary/aromatic N) is 2. The predicted octanol–water partition coefficient (Wildman–Crippen LogP) is 6.12. The van der Waals surface area contributed by atoms with Gasteiger partial charge < -0.3 is 10.1 Å². The first-order valence-electron chi connectivity index (χ1n) is 14.4. The minimum Gasteiger partial charge on any atom is -0.497 e. The molecule has 41 heavy (non-hydrogen) atoms. The van der Waals surface area contributed by atoms with E-state index >= 15 is 0 Å². The average Bonchev–Trinajstić information content (AvgIpc) is 3.01. The first-order valence-corrected chi connectivity index (χ1v) is 15.4. The van der Waals surface area contributed by atoms with Crippen LogP contribution in [-0.4, -0.2) is 34.9 Å². The fourth-order valence-corrected chi connectivity index (χ4v) is 7.25. The van der Waals surface area contributed by atoms with Gasteiger partial charge in [-0.15, -0.1) is 0 Å².